The zero-order chi connectivity index (χ0) is 25.6. The summed E-state index contributed by atoms with van der Waals surface area (Å²) in [6.07, 6.45) is 4.69. The fraction of sp³-hybridized carbons (Fsp3) is 0.367. The molecule has 2 N–H and O–H groups in total. The van der Waals surface area contributed by atoms with Crippen molar-refractivity contribution < 1.29 is 9.59 Å². The second kappa shape index (κ2) is 11.6. The van der Waals surface area contributed by atoms with Crippen LogP contribution in [-0.2, 0) is 6.42 Å². The van der Waals surface area contributed by atoms with Crippen molar-refractivity contribution in [3.63, 3.8) is 0 Å². The quantitative estimate of drug-likeness (QED) is 0.535. The number of piperidine rings is 1. The molecular formula is C30H35N5O2. The molecule has 0 unspecified atom stereocenters. The highest BCUT2D eigenvalue weighted by Crippen LogP contribution is 2.27. The summed E-state index contributed by atoms with van der Waals surface area (Å²) in [6.45, 7) is 6.75. The van der Waals surface area contributed by atoms with Crippen molar-refractivity contribution in [2.24, 2.45) is 5.92 Å². The molecule has 3 aromatic rings. The Hall–Kier alpha value is -3.71. The molecule has 37 heavy (non-hydrogen) atoms. The minimum absolute atomic E-state index is 0.00868. The molecule has 0 saturated carbocycles. The van der Waals surface area contributed by atoms with Crippen LogP contribution in [0.1, 0.15) is 44.7 Å². The van der Waals surface area contributed by atoms with Crippen LogP contribution in [0.2, 0.25) is 0 Å². The smallest absolute Gasteiger partial charge is 0.257 e. The number of nitrogens with zero attached hydrogens (tertiary/aromatic N) is 3. The molecule has 0 spiro atoms. The summed E-state index contributed by atoms with van der Waals surface area (Å²) in [5.41, 5.74) is 4.12. The standard InChI is InChI=1S/C30H35N5O2/c1-22-7-9-25(10-8-22)29(36)33-26-20-27(28(32-21-26)34-17-13-31-14-18-34)30(37)35-15-11-24(12-16-35)19-23-5-3-2-4-6-23/h2-10,20-21,24,31H,11-19H2,1H3,(H,33,36). The van der Waals surface area contributed by atoms with Gasteiger partial charge in [-0.15, -0.1) is 0 Å². The maximum Gasteiger partial charge on any atom is 0.257 e. The topological polar surface area (TPSA) is 77.6 Å². The van der Waals surface area contributed by atoms with Gasteiger partial charge in [0.2, 0.25) is 0 Å². The summed E-state index contributed by atoms with van der Waals surface area (Å²) in [5.74, 6) is 1.06. The minimum atomic E-state index is -0.211. The van der Waals surface area contributed by atoms with Crippen molar-refractivity contribution >= 4 is 23.3 Å². The molecule has 0 bridgehead atoms. The first-order valence-electron chi connectivity index (χ1n) is 13.2. The van der Waals surface area contributed by atoms with Crippen LogP contribution in [0.4, 0.5) is 11.5 Å². The van der Waals surface area contributed by atoms with Gasteiger partial charge in [-0.3, -0.25) is 9.59 Å². The van der Waals surface area contributed by atoms with Crippen LogP contribution in [0.15, 0.2) is 66.9 Å². The van der Waals surface area contributed by atoms with Crippen LogP contribution < -0.4 is 15.5 Å². The van der Waals surface area contributed by atoms with Crippen molar-refractivity contribution in [3.05, 3.63) is 89.1 Å². The third kappa shape index (κ3) is 6.17. The first kappa shape index (κ1) is 25.0. The van der Waals surface area contributed by atoms with Gasteiger partial charge in [0.25, 0.3) is 11.8 Å². The molecule has 5 rings (SSSR count). The van der Waals surface area contributed by atoms with Gasteiger partial charge in [-0.2, -0.15) is 0 Å². The number of hydrogen-bond acceptors (Lipinski definition) is 5. The normalized spacial score (nSPS) is 16.5. The number of anilines is 2. The molecular weight excluding hydrogens is 462 g/mol. The Labute approximate surface area is 218 Å². The van der Waals surface area contributed by atoms with Crippen LogP contribution in [0.3, 0.4) is 0 Å². The Morgan fingerprint density at radius 3 is 2.38 bits per heavy atom. The zero-order valence-corrected chi connectivity index (χ0v) is 21.5. The van der Waals surface area contributed by atoms with E-state index in [2.05, 4.69) is 44.8 Å². The van der Waals surface area contributed by atoms with Crippen molar-refractivity contribution in [1.29, 1.82) is 0 Å². The average Bonchev–Trinajstić information content (AvgIpc) is 2.94. The van der Waals surface area contributed by atoms with E-state index in [9.17, 15) is 9.59 Å². The zero-order valence-electron chi connectivity index (χ0n) is 21.5. The number of aromatic nitrogens is 1. The number of amides is 2. The van der Waals surface area contributed by atoms with Crippen molar-refractivity contribution in [1.82, 2.24) is 15.2 Å². The summed E-state index contributed by atoms with van der Waals surface area (Å²) in [4.78, 5) is 35.4. The van der Waals surface area contributed by atoms with Crippen molar-refractivity contribution in [2.75, 3.05) is 49.5 Å². The molecule has 7 heteroatoms. The van der Waals surface area contributed by atoms with E-state index in [0.717, 1.165) is 64.1 Å². The SMILES string of the molecule is Cc1ccc(C(=O)Nc2cnc(N3CCNCC3)c(C(=O)N3CCC(Cc4ccccc4)CC3)c2)cc1. The predicted octanol–water partition coefficient (Wildman–Crippen LogP) is 4.15. The van der Waals surface area contributed by atoms with E-state index in [4.69, 9.17) is 0 Å². The fourth-order valence-electron chi connectivity index (χ4n) is 5.18. The molecule has 2 saturated heterocycles. The van der Waals surface area contributed by atoms with E-state index in [1.807, 2.05) is 30.0 Å². The van der Waals surface area contributed by atoms with Crippen LogP contribution >= 0.6 is 0 Å². The molecule has 2 aromatic carbocycles. The average molecular weight is 498 g/mol. The molecule has 192 valence electrons. The summed E-state index contributed by atoms with van der Waals surface area (Å²) in [7, 11) is 0. The molecule has 3 heterocycles. The van der Waals surface area contributed by atoms with E-state index < -0.39 is 0 Å². The minimum Gasteiger partial charge on any atom is -0.353 e. The number of aryl methyl sites for hydroxylation is 1. The molecule has 0 atom stereocenters. The Bertz CT molecular complexity index is 1210. The third-order valence-electron chi connectivity index (χ3n) is 7.35. The predicted molar refractivity (Wildman–Crippen MR) is 147 cm³/mol. The van der Waals surface area contributed by atoms with Crippen LogP contribution in [-0.4, -0.2) is 61.0 Å². The lowest BCUT2D eigenvalue weighted by atomic mass is 9.90. The summed E-state index contributed by atoms with van der Waals surface area (Å²) < 4.78 is 0. The van der Waals surface area contributed by atoms with E-state index in [1.165, 1.54) is 5.56 Å². The van der Waals surface area contributed by atoms with Crippen LogP contribution in [0, 0.1) is 12.8 Å². The number of pyridine rings is 1. The number of carbonyl (C=O) groups is 2. The maximum atomic E-state index is 13.8. The number of likely N-dealkylation sites (tertiary alicyclic amines) is 1. The Kier molecular flexibility index (Phi) is 7.80. The van der Waals surface area contributed by atoms with Gasteiger partial charge in [-0.05, 0) is 55.9 Å². The van der Waals surface area contributed by atoms with Crippen molar-refractivity contribution in [3.8, 4) is 0 Å². The molecule has 2 fully saturated rings. The highest BCUT2D eigenvalue weighted by molar-refractivity contribution is 6.06. The number of nitrogens with one attached hydrogen (secondary N) is 2. The highest BCUT2D eigenvalue weighted by Gasteiger charge is 2.28. The lowest BCUT2D eigenvalue weighted by Gasteiger charge is -2.34. The number of carbonyl (C=O) groups excluding carboxylic acids is 2. The molecule has 2 aliphatic heterocycles. The monoisotopic (exact) mass is 497 g/mol. The summed E-state index contributed by atoms with van der Waals surface area (Å²) in [6, 6.07) is 19.8. The Morgan fingerprint density at radius 1 is 0.973 bits per heavy atom. The van der Waals surface area contributed by atoms with E-state index >= 15 is 0 Å². The number of piperazine rings is 1. The second-order valence-electron chi connectivity index (χ2n) is 10.1. The summed E-state index contributed by atoms with van der Waals surface area (Å²) >= 11 is 0. The first-order chi connectivity index (χ1) is 18.1. The van der Waals surface area contributed by atoms with Crippen LogP contribution in [0.25, 0.3) is 0 Å². The van der Waals surface area contributed by atoms with Gasteiger partial charge < -0.3 is 20.4 Å². The number of benzene rings is 2. The first-order valence-corrected chi connectivity index (χ1v) is 13.2. The Morgan fingerprint density at radius 2 is 1.68 bits per heavy atom. The van der Waals surface area contributed by atoms with Gasteiger partial charge >= 0.3 is 0 Å². The van der Waals surface area contributed by atoms with E-state index in [-0.39, 0.29) is 11.8 Å². The highest BCUT2D eigenvalue weighted by atomic mass is 16.2. The van der Waals surface area contributed by atoms with Crippen LogP contribution in [0.5, 0.6) is 0 Å². The molecule has 2 amide bonds. The van der Waals surface area contributed by atoms with Crippen molar-refractivity contribution in [2.45, 2.75) is 26.2 Å². The number of hydrogen-bond donors (Lipinski definition) is 2. The lowest BCUT2D eigenvalue weighted by Crippen LogP contribution is -2.45. The molecule has 0 aliphatic carbocycles. The van der Waals surface area contributed by atoms with E-state index in [0.29, 0.717) is 28.6 Å². The van der Waals surface area contributed by atoms with Gasteiger partial charge in [-0.25, -0.2) is 4.98 Å². The van der Waals surface area contributed by atoms with Gasteiger partial charge in [0.15, 0.2) is 0 Å². The molecule has 0 radical (unpaired) electrons. The molecule has 1 aromatic heterocycles. The third-order valence-corrected chi connectivity index (χ3v) is 7.35. The Balaban J connectivity index is 1.32. The fourth-order valence-corrected chi connectivity index (χ4v) is 5.18. The van der Waals surface area contributed by atoms with Gasteiger partial charge in [0, 0.05) is 44.8 Å². The number of rotatable bonds is 6. The second-order valence-corrected chi connectivity index (χ2v) is 10.1. The molecule has 2 aliphatic rings. The van der Waals surface area contributed by atoms with Gasteiger partial charge in [-0.1, -0.05) is 48.0 Å². The maximum absolute atomic E-state index is 13.8. The van der Waals surface area contributed by atoms with E-state index in [1.54, 1.807) is 24.4 Å². The largest absolute Gasteiger partial charge is 0.353 e. The lowest BCUT2D eigenvalue weighted by molar-refractivity contribution is 0.0690. The summed E-state index contributed by atoms with van der Waals surface area (Å²) in [5, 5.41) is 6.30. The van der Waals surface area contributed by atoms with Gasteiger partial charge in [0.05, 0.1) is 17.4 Å². The van der Waals surface area contributed by atoms with Gasteiger partial charge in [0.1, 0.15) is 5.82 Å². The molecule has 7 nitrogen and oxygen atoms in total.